The molecule has 1 fully saturated rings. The van der Waals surface area contributed by atoms with Gasteiger partial charge in [-0.3, -0.25) is 4.79 Å². The molecular formula is C17H19FN2O3S. The van der Waals surface area contributed by atoms with Crippen molar-refractivity contribution in [1.29, 1.82) is 0 Å². The fourth-order valence-corrected chi connectivity index (χ4v) is 3.59. The fraction of sp³-hybridized carbons (Fsp3) is 0.412. The highest BCUT2D eigenvalue weighted by Gasteiger charge is 2.36. The zero-order valence-electron chi connectivity index (χ0n) is 13.6. The molecule has 2 heterocycles. The summed E-state index contributed by atoms with van der Waals surface area (Å²) in [5.74, 6) is -0.374. The number of benzene rings is 1. The maximum absolute atomic E-state index is 12.9. The number of halogens is 1. The van der Waals surface area contributed by atoms with Crippen LogP contribution in [0, 0.1) is 5.82 Å². The average Bonchev–Trinajstić information content (AvgIpc) is 3.22. The van der Waals surface area contributed by atoms with Gasteiger partial charge in [-0.2, -0.15) is 0 Å². The summed E-state index contributed by atoms with van der Waals surface area (Å²) in [4.78, 5) is 18.7. The van der Waals surface area contributed by atoms with Gasteiger partial charge in [0.2, 0.25) is 0 Å². The maximum atomic E-state index is 12.9. The summed E-state index contributed by atoms with van der Waals surface area (Å²) in [6.45, 7) is 0.997. The van der Waals surface area contributed by atoms with Crippen LogP contribution in [0.5, 0.6) is 0 Å². The van der Waals surface area contributed by atoms with Crippen LogP contribution in [0.25, 0.3) is 0 Å². The third-order valence-electron chi connectivity index (χ3n) is 4.15. The van der Waals surface area contributed by atoms with Gasteiger partial charge >= 0.3 is 0 Å². The number of hydrogen-bond acceptors (Lipinski definition) is 5. The lowest BCUT2D eigenvalue weighted by Gasteiger charge is -2.13. The largest absolute Gasteiger partial charge is 0.377 e. The molecule has 1 saturated heterocycles. The van der Waals surface area contributed by atoms with Crippen molar-refractivity contribution in [2.75, 3.05) is 27.3 Å². The van der Waals surface area contributed by atoms with Gasteiger partial charge in [-0.15, -0.1) is 11.3 Å². The van der Waals surface area contributed by atoms with E-state index < -0.39 is 0 Å². The summed E-state index contributed by atoms with van der Waals surface area (Å²) in [5.41, 5.74) is 1.40. The molecule has 0 bridgehead atoms. The van der Waals surface area contributed by atoms with Crippen LogP contribution in [0.3, 0.4) is 0 Å². The summed E-state index contributed by atoms with van der Waals surface area (Å²) < 4.78 is 23.7. The van der Waals surface area contributed by atoms with Gasteiger partial charge in [0, 0.05) is 39.1 Å². The van der Waals surface area contributed by atoms with Gasteiger partial charge in [0.1, 0.15) is 23.7 Å². The fourth-order valence-electron chi connectivity index (χ4n) is 2.79. The predicted molar refractivity (Wildman–Crippen MR) is 88.8 cm³/mol. The van der Waals surface area contributed by atoms with E-state index in [0.29, 0.717) is 25.2 Å². The van der Waals surface area contributed by atoms with E-state index in [0.717, 1.165) is 10.6 Å². The normalized spacial score (nSPS) is 20.5. The third-order valence-corrected chi connectivity index (χ3v) is 5.00. The third kappa shape index (κ3) is 3.63. The van der Waals surface area contributed by atoms with E-state index >= 15 is 0 Å². The zero-order valence-corrected chi connectivity index (χ0v) is 14.4. The number of methoxy groups -OCH3 is 2. The van der Waals surface area contributed by atoms with E-state index in [1.54, 1.807) is 36.6 Å². The van der Waals surface area contributed by atoms with E-state index in [9.17, 15) is 9.18 Å². The molecule has 1 aliphatic heterocycles. The van der Waals surface area contributed by atoms with Crippen molar-refractivity contribution < 1.29 is 18.7 Å². The topological polar surface area (TPSA) is 51.7 Å². The molecule has 7 heteroatoms. The van der Waals surface area contributed by atoms with E-state index in [4.69, 9.17) is 9.47 Å². The number of likely N-dealkylation sites (tertiary alicyclic amines) is 1. The van der Waals surface area contributed by atoms with Crippen molar-refractivity contribution in [2.24, 2.45) is 0 Å². The minimum Gasteiger partial charge on any atom is -0.377 e. The molecule has 1 amide bonds. The molecule has 1 aliphatic rings. The van der Waals surface area contributed by atoms with Crippen LogP contribution >= 0.6 is 11.3 Å². The van der Waals surface area contributed by atoms with Crippen LogP contribution in [-0.4, -0.2) is 55.3 Å². The van der Waals surface area contributed by atoms with Crippen molar-refractivity contribution in [1.82, 2.24) is 9.88 Å². The standard InChI is InChI=1S/C17H19FN2O3S/c1-22-14-8-20(9-15(14)23-2)17(21)13-10-24-16(19-13)7-11-3-5-12(18)6-4-11/h3-6,10,14-15H,7-9H2,1-2H3/t14-,15+. The Balaban J connectivity index is 1.67. The van der Waals surface area contributed by atoms with Crippen molar-refractivity contribution in [3.05, 3.63) is 51.7 Å². The second-order valence-corrected chi connectivity index (χ2v) is 6.63. The highest BCUT2D eigenvalue weighted by Crippen LogP contribution is 2.21. The number of hydrogen-bond donors (Lipinski definition) is 0. The number of rotatable bonds is 5. The van der Waals surface area contributed by atoms with Crippen LogP contribution in [-0.2, 0) is 15.9 Å². The number of aromatic nitrogens is 1. The monoisotopic (exact) mass is 350 g/mol. The molecule has 2 aromatic rings. The molecule has 0 saturated carbocycles. The van der Waals surface area contributed by atoms with Gasteiger partial charge in [0.15, 0.2) is 0 Å². The molecule has 0 radical (unpaired) electrons. The van der Waals surface area contributed by atoms with Crippen LogP contribution in [0.15, 0.2) is 29.6 Å². The van der Waals surface area contributed by atoms with Crippen molar-refractivity contribution in [2.45, 2.75) is 18.6 Å². The highest BCUT2D eigenvalue weighted by atomic mass is 32.1. The van der Waals surface area contributed by atoms with E-state index in [2.05, 4.69) is 4.98 Å². The minimum absolute atomic E-state index is 0.113. The number of amides is 1. The number of thiazole rings is 1. The Bertz CT molecular complexity index is 692. The summed E-state index contributed by atoms with van der Waals surface area (Å²) in [6, 6.07) is 6.31. The second kappa shape index (κ2) is 7.38. The SMILES string of the molecule is CO[C@H]1CN(C(=O)c2csc(Cc3ccc(F)cc3)n2)C[C@H]1OC. The Labute approximate surface area is 144 Å². The van der Waals surface area contributed by atoms with Gasteiger partial charge in [-0.05, 0) is 17.7 Å². The molecule has 24 heavy (non-hydrogen) atoms. The molecule has 0 spiro atoms. The number of carbonyl (C=O) groups is 1. The van der Waals surface area contributed by atoms with Crippen LogP contribution in [0.4, 0.5) is 4.39 Å². The van der Waals surface area contributed by atoms with Crippen LogP contribution in [0.2, 0.25) is 0 Å². The van der Waals surface area contributed by atoms with Crippen molar-refractivity contribution >= 4 is 17.2 Å². The lowest BCUT2D eigenvalue weighted by Crippen LogP contribution is -2.30. The van der Waals surface area contributed by atoms with Crippen LogP contribution < -0.4 is 0 Å². The Kier molecular flexibility index (Phi) is 5.23. The van der Waals surface area contributed by atoms with Gasteiger partial charge < -0.3 is 14.4 Å². The van der Waals surface area contributed by atoms with E-state index in [1.807, 2.05) is 0 Å². The molecule has 1 aromatic heterocycles. The van der Waals surface area contributed by atoms with Gasteiger partial charge in [0.25, 0.3) is 5.91 Å². The Hall–Kier alpha value is -1.83. The van der Waals surface area contributed by atoms with Gasteiger partial charge in [-0.25, -0.2) is 9.37 Å². The molecule has 0 aliphatic carbocycles. The molecule has 0 N–H and O–H groups in total. The zero-order chi connectivity index (χ0) is 17.1. The maximum Gasteiger partial charge on any atom is 0.273 e. The molecule has 0 unspecified atom stereocenters. The summed E-state index contributed by atoms with van der Waals surface area (Å²) in [5, 5.41) is 2.60. The van der Waals surface area contributed by atoms with E-state index in [-0.39, 0.29) is 23.9 Å². The first-order valence-electron chi connectivity index (χ1n) is 7.64. The first-order chi connectivity index (χ1) is 11.6. The molecule has 1 aromatic carbocycles. The van der Waals surface area contributed by atoms with Crippen molar-refractivity contribution in [3.63, 3.8) is 0 Å². The number of nitrogens with zero attached hydrogens (tertiary/aromatic N) is 2. The molecular weight excluding hydrogens is 331 g/mol. The molecule has 5 nitrogen and oxygen atoms in total. The molecule has 2 atom stereocenters. The predicted octanol–water partition coefficient (Wildman–Crippen LogP) is 2.36. The van der Waals surface area contributed by atoms with Gasteiger partial charge in [0.05, 0.1) is 5.01 Å². The lowest BCUT2D eigenvalue weighted by molar-refractivity contribution is -0.00461. The number of carbonyl (C=O) groups excluding carboxylic acids is 1. The Morgan fingerprint density at radius 1 is 1.25 bits per heavy atom. The first-order valence-corrected chi connectivity index (χ1v) is 8.52. The second-order valence-electron chi connectivity index (χ2n) is 5.69. The minimum atomic E-state index is -0.261. The van der Waals surface area contributed by atoms with Crippen LogP contribution in [0.1, 0.15) is 21.1 Å². The average molecular weight is 350 g/mol. The Morgan fingerprint density at radius 2 is 1.88 bits per heavy atom. The van der Waals surface area contributed by atoms with Gasteiger partial charge in [-0.1, -0.05) is 12.1 Å². The quantitative estimate of drug-likeness (QED) is 0.831. The lowest BCUT2D eigenvalue weighted by atomic mass is 10.1. The smallest absolute Gasteiger partial charge is 0.273 e. The van der Waals surface area contributed by atoms with Crippen molar-refractivity contribution in [3.8, 4) is 0 Å². The molecule has 128 valence electrons. The highest BCUT2D eigenvalue weighted by molar-refractivity contribution is 7.09. The number of ether oxygens (including phenoxy) is 2. The summed E-state index contributed by atoms with van der Waals surface area (Å²) >= 11 is 1.43. The molecule has 3 rings (SSSR count). The summed E-state index contributed by atoms with van der Waals surface area (Å²) in [6.07, 6.45) is 0.354. The summed E-state index contributed by atoms with van der Waals surface area (Å²) in [7, 11) is 3.24. The first kappa shape index (κ1) is 17.0. The van der Waals surface area contributed by atoms with E-state index in [1.165, 1.54) is 23.5 Å². The Morgan fingerprint density at radius 3 is 2.46 bits per heavy atom.